The summed E-state index contributed by atoms with van der Waals surface area (Å²) in [6.07, 6.45) is 0. The van der Waals surface area contributed by atoms with Crippen molar-refractivity contribution in [3.63, 3.8) is 0 Å². The number of rotatable bonds is 6. The molecule has 0 bridgehead atoms. The molecule has 2 aromatic carbocycles. The number of hydrogen-bond acceptors (Lipinski definition) is 5. The van der Waals surface area contributed by atoms with Crippen LogP contribution in [0.15, 0.2) is 56.6 Å². The Morgan fingerprint density at radius 1 is 1.11 bits per heavy atom. The van der Waals surface area contributed by atoms with Gasteiger partial charge in [-0.05, 0) is 50.2 Å². The second kappa shape index (κ2) is 7.51. The number of anilines is 1. The number of sulfonamides is 1. The maximum Gasteiger partial charge on any atom is 0.419 e. The van der Waals surface area contributed by atoms with E-state index in [1.165, 1.54) is 34.9 Å². The van der Waals surface area contributed by atoms with E-state index in [1.807, 2.05) is 13.8 Å². The van der Waals surface area contributed by atoms with E-state index in [1.54, 1.807) is 24.1 Å². The predicted molar refractivity (Wildman–Crippen MR) is 106 cm³/mol. The Morgan fingerprint density at radius 2 is 1.75 bits per heavy atom. The van der Waals surface area contributed by atoms with Crippen LogP contribution in [0.5, 0.6) is 0 Å². The molecule has 0 spiro atoms. The first-order valence-electron chi connectivity index (χ1n) is 8.78. The zero-order valence-electron chi connectivity index (χ0n) is 15.8. The van der Waals surface area contributed by atoms with E-state index in [0.717, 1.165) is 0 Å². The highest BCUT2D eigenvalue weighted by atomic mass is 32.2. The van der Waals surface area contributed by atoms with Crippen molar-refractivity contribution in [2.75, 3.05) is 17.8 Å². The lowest BCUT2D eigenvalue weighted by Crippen LogP contribution is -2.30. The van der Waals surface area contributed by atoms with Crippen LogP contribution in [0.4, 0.5) is 5.69 Å². The van der Waals surface area contributed by atoms with Gasteiger partial charge in [0.25, 0.3) is 15.9 Å². The largest absolute Gasteiger partial charge is 0.419 e. The van der Waals surface area contributed by atoms with Crippen LogP contribution in [0.25, 0.3) is 11.1 Å². The first kappa shape index (κ1) is 19.7. The molecular weight excluding hydrogens is 382 g/mol. The van der Waals surface area contributed by atoms with Crippen molar-refractivity contribution >= 4 is 32.7 Å². The fourth-order valence-electron chi connectivity index (χ4n) is 2.87. The molecule has 3 rings (SSSR count). The van der Waals surface area contributed by atoms with Crippen molar-refractivity contribution in [3.05, 3.63) is 58.6 Å². The highest BCUT2D eigenvalue weighted by molar-refractivity contribution is 7.92. The number of aryl methyl sites for hydroxylation is 1. The van der Waals surface area contributed by atoms with Gasteiger partial charge in [0.05, 0.1) is 10.4 Å². The van der Waals surface area contributed by atoms with Crippen molar-refractivity contribution in [1.29, 1.82) is 0 Å². The molecule has 0 atom stereocenters. The van der Waals surface area contributed by atoms with Crippen molar-refractivity contribution < 1.29 is 17.6 Å². The summed E-state index contributed by atoms with van der Waals surface area (Å²) in [6.45, 7) is 4.99. The summed E-state index contributed by atoms with van der Waals surface area (Å²) in [6, 6.07) is 10.5. The van der Waals surface area contributed by atoms with Gasteiger partial charge in [0.1, 0.15) is 0 Å². The minimum absolute atomic E-state index is 0.0300. The highest BCUT2D eigenvalue weighted by Crippen LogP contribution is 2.21. The van der Waals surface area contributed by atoms with Gasteiger partial charge >= 0.3 is 5.76 Å². The minimum atomic E-state index is -3.88. The Hall–Kier alpha value is -3.07. The lowest BCUT2D eigenvalue weighted by molar-refractivity contribution is 0.0773. The summed E-state index contributed by atoms with van der Waals surface area (Å²) < 4.78 is 34.1. The predicted octanol–water partition coefficient (Wildman–Crippen LogP) is 2.41. The average molecular weight is 403 g/mol. The van der Waals surface area contributed by atoms with Crippen LogP contribution in [0.1, 0.15) is 24.2 Å². The molecule has 0 aliphatic rings. The third kappa shape index (κ3) is 3.65. The SMILES string of the molecule is CCN(CC)C(=O)c1ccc(NS(=O)(=O)c2ccc3c(c2)oc(=O)n3C)cc1. The van der Waals surface area contributed by atoms with Crippen LogP contribution in [0.2, 0.25) is 0 Å². The maximum atomic E-state index is 12.6. The van der Waals surface area contributed by atoms with Gasteiger partial charge in [-0.15, -0.1) is 0 Å². The number of hydrogen-bond donors (Lipinski definition) is 1. The molecule has 0 aliphatic carbocycles. The van der Waals surface area contributed by atoms with E-state index in [4.69, 9.17) is 4.42 Å². The molecule has 1 aromatic heterocycles. The Bertz CT molecular complexity index is 1170. The van der Waals surface area contributed by atoms with E-state index in [9.17, 15) is 18.0 Å². The van der Waals surface area contributed by atoms with Crippen molar-refractivity contribution in [2.24, 2.45) is 7.05 Å². The van der Waals surface area contributed by atoms with Crippen LogP contribution < -0.4 is 10.5 Å². The number of aromatic nitrogens is 1. The van der Waals surface area contributed by atoms with Crippen molar-refractivity contribution in [2.45, 2.75) is 18.7 Å². The summed E-state index contributed by atoms with van der Waals surface area (Å²) in [5, 5.41) is 0. The van der Waals surface area contributed by atoms with Gasteiger partial charge in [-0.25, -0.2) is 13.2 Å². The molecule has 28 heavy (non-hydrogen) atoms. The number of carbonyl (C=O) groups is 1. The molecule has 0 saturated heterocycles. The number of nitrogens with one attached hydrogen (secondary N) is 1. The second-order valence-corrected chi connectivity index (χ2v) is 7.90. The zero-order chi connectivity index (χ0) is 20.5. The molecule has 0 fully saturated rings. The summed E-state index contributed by atoms with van der Waals surface area (Å²) in [4.78, 5) is 25.5. The van der Waals surface area contributed by atoms with Crippen LogP contribution in [0.3, 0.4) is 0 Å². The first-order valence-corrected chi connectivity index (χ1v) is 10.3. The number of benzene rings is 2. The Kier molecular flexibility index (Phi) is 5.28. The molecule has 0 saturated carbocycles. The molecule has 0 unspecified atom stereocenters. The van der Waals surface area contributed by atoms with Gasteiger partial charge in [0, 0.05) is 37.5 Å². The smallest absolute Gasteiger partial charge is 0.408 e. The van der Waals surface area contributed by atoms with Crippen molar-refractivity contribution in [3.8, 4) is 0 Å². The van der Waals surface area contributed by atoms with Gasteiger partial charge in [-0.2, -0.15) is 0 Å². The zero-order valence-corrected chi connectivity index (χ0v) is 16.6. The second-order valence-electron chi connectivity index (χ2n) is 6.22. The van der Waals surface area contributed by atoms with Crippen LogP contribution in [0, 0.1) is 0 Å². The van der Waals surface area contributed by atoms with Gasteiger partial charge in [-0.1, -0.05) is 0 Å². The number of amides is 1. The van der Waals surface area contributed by atoms with Gasteiger partial charge < -0.3 is 9.32 Å². The summed E-state index contributed by atoms with van der Waals surface area (Å²) in [7, 11) is -2.34. The number of carbonyl (C=O) groups excluding carboxylic acids is 1. The first-order chi connectivity index (χ1) is 13.3. The molecule has 0 radical (unpaired) electrons. The molecule has 1 amide bonds. The summed E-state index contributed by atoms with van der Waals surface area (Å²) >= 11 is 0. The third-order valence-electron chi connectivity index (χ3n) is 4.51. The van der Waals surface area contributed by atoms with Gasteiger partial charge in [0.15, 0.2) is 5.58 Å². The maximum absolute atomic E-state index is 12.6. The lowest BCUT2D eigenvalue weighted by atomic mass is 10.2. The molecular formula is C19H21N3O5S. The third-order valence-corrected chi connectivity index (χ3v) is 5.89. The highest BCUT2D eigenvalue weighted by Gasteiger charge is 2.18. The molecule has 148 valence electrons. The molecule has 3 aromatic rings. The standard InChI is InChI=1S/C19H21N3O5S/c1-4-22(5-2)18(23)13-6-8-14(9-7-13)20-28(25,26)15-10-11-16-17(12-15)27-19(24)21(16)3/h6-12,20H,4-5H2,1-3H3. The van der Waals surface area contributed by atoms with Crippen LogP contribution >= 0.6 is 0 Å². The Morgan fingerprint density at radius 3 is 2.36 bits per heavy atom. The van der Waals surface area contributed by atoms with Crippen molar-refractivity contribution in [1.82, 2.24) is 9.47 Å². The number of fused-ring (bicyclic) bond motifs is 1. The number of oxazole rings is 1. The topological polar surface area (TPSA) is 102 Å². The molecule has 1 N–H and O–H groups in total. The van der Waals surface area contributed by atoms with E-state index in [-0.39, 0.29) is 16.4 Å². The Balaban J connectivity index is 1.84. The van der Waals surface area contributed by atoms with E-state index < -0.39 is 15.8 Å². The molecule has 1 heterocycles. The molecule has 9 heteroatoms. The monoisotopic (exact) mass is 403 g/mol. The van der Waals surface area contributed by atoms with Gasteiger partial charge in [0.2, 0.25) is 0 Å². The average Bonchev–Trinajstić information content (AvgIpc) is 2.96. The fourth-order valence-corrected chi connectivity index (χ4v) is 3.94. The van der Waals surface area contributed by atoms with Crippen LogP contribution in [-0.2, 0) is 17.1 Å². The quantitative estimate of drug-likeness (QED) is 0.681. The van der Waals surface area contributed by atoms with E-state index in [2.05, 4.69) is 4.72 Å². The normalized spacial score (nSPS) is 11.5. The van der Waals surface area contributed by atoms with Gasteiger partial charge in [-0.3, -0.25) is 14.1 Å². The fraction of sp³-hybridized carbons (Fsp3) is 0.263. The van der Waals surface area contributed by atoms with E-state index in [0.29, 0.717) is 29.9 Å². The number of nitrogens with zero attached hydrogens (tertiary/aromatic N) is 2. The van der Waals surface area contributed by atoms with Crippen LogP contribution in [-0.4, -0.2) is 36.9 Å². The lowest BCUT2D eigenvalue weighted by Gasteiger charge is -2.18. The Labute approximate surface area is 162 Å². The molecule has 8 nitrogen and oxygen atoms in total. The van der Waals surface area contributed by atoms with E-state index >= 15 is 0 Å². The minimum Gasteiger partial charge on any atom is -0.408 e. The molecule has 0 aliphatic heterocycles. The summed E-state index contributed by atoms with van der Waals surface area (Å²) in [5.74, 6) is -0.671. The summed E-state index contributed by atoms with van der Waals surface area (Å²) in [5.41, 5.74) is 1.50.